The summed E-state index contributed by atoms with van der Waals surface area (Å²) < 4.78 is 0. The number of benzene rings is 2. The molecule has 1 atom stereocenters. The van der Waals surface area contributed by atoms with Crippen LogP contribution in [0.2, 0.25) is 5.02 Å². The third kappa shape index (κ3) is 3.37. The summed E-state index contributed by atoms with van der Waals surface area (Å²) in [6.07, 6.45) is 0. The van der Waals surface area contributed by atoms with Gasteiger partial charge in [-0.05, 0) is 42.8 Å². The van der Waals surface area contributed by atoms with Gasteiger partial charge in [-0.1, -0.05) is 35.9 Å². The predicted molar refractivity (Wildman–Crippen MR) is 93.8 cm³/mol. The van der Waals surface area contributed by atoms with Crippen LogP contribution in [0.15, 0.2) is 54.6 Å². The van der Waals surface area contributed by atoms with Crippen LogP contribution in [0.5, 0.6) is 0 Å². The van der Waals surface area contributed by atoms with Crippen molar-refractivity contribution in [1.29, 1.82) is 5.26 Å². The quantitative estimate of drug-likeness (QED) is 0.778. The van der Waals surface area contributed by atoms with Crippen molar-refractivity contribution in [3.63, 3.8) is 0 Å². The summed E-state index contributed by atoms with van der Waals surface area (Å²) in [6.45, 7) is 1.89. The van der Waals surface area contributed by atoms with Crippen LogP contribution in [0.3, 0.4) is 0 Å². The Labute approximate surface area is 144 Å². The van der Waals surface area contributed by atoms with Crippen molar-refractivity contribution in [1.82, 2.24) is 10.3 Å². The molecule has 0 saturated heterocycles. The summed E-state index contributed by atoms with van der Waals surface area (Å²) >= 11 is 5.98. The van der Waals surface area contributed by atoms with Crippen molar-refractivity contribution in [2.75, 3.05) is 0 Å². The monoisotopic (exact) mass is 335 g/mol. The predicted octanol–water partition coefficient (Wildman–Crippen LogP) is 4.25. The lowest BCUT2D eigenvalue weighted by molar-refractivity contribution is 0.0935. The van der Waals surface area contributed by atoms with Gasteiger partial charge in [0, 0.05) is 10.4 Å². The van der Waals surface area contributed by atoms with Gasteiger partial charge in [0.2, 0.25) is 0 Å². The van der Waals surface area contributed by atoms with Gasteiger partial charge in [0.15, 0.2) is 0 Å². The first-order valence-corrected chi connectivity index (χ1v) is 7.82. The van der Waals surface area contributed by atoms with Gasteiger partial charge in [0.05, 0.1) is 23.2 Å². The molecule has 24 heavy (non-hydrogen) atoms. The van der Waals surface area contributed by atoms with Crippen molar-refractivity contribution in [2.45, 2.75) is 13.0 Å². The van der Waals surface area contributed by atoms with Crippen molar-refractivity contribution in [3.05, 3.63) is 76.4 Å². The smallest absolute Gasteiger partial charge is 0.270 e. The largest absolute Gasteiger partial charge is 0.344 e. The molecule has 0 bridgehead atoms. The summed E-state index contributed by atoms with van der Waals surface area (Å²) in [5.74, 6) is -0.256. The van der Waals surface area contributed by atoms with Crippen LogP contribution >= 0.6 is 11.6 Å². The van der Waals surface area contributed by atoms with Gasteiger partial charge in [0.1, 0.15) is 5.69 Å². The number of rotatable bonds is 3. The number of pyridine rings is 1. The third-order valence-corrected chi connectivity index (χ3v) is 4.01. The fraction of sp³-hybridized carbons (Fsp3) is 0.105. The molecule has 2 aromatic carbocycles. The Morgan fingerprint density at radius 2 is 1.88 bits per heavy atom. The van der Waals surface area contributed by atoms with E-state index in [1.807, 2.05) is 31.2 Å². The number of nitrogens with zero attached hydrogens (tertiary/aromatic N) is 2. The standard InChI is InChI=1S/C19H14ClN3O/c1-12(14-4-2-13(11-21)3-5-14)22-19(24)17-9-7-15-6-8-16(20)10-18(15)23-17/h2-10,12H,1H3,(H,22,24). The molecule has 3 rings (SSSR count). The molecule has 1 amide bonds. The average molecular weight is 336 g/mol. The third-order valence-electron chi connectivity index (χ3n) is 3.77. The van der Waals surface area contributed by atoms with Gasteiger partial charge in [0.25, 0.3) is 5.91 Å². The van der Waals surface area contributed by atoms with E-state index in [2.05, 4.69) is 16.4 Å². The Morgan fingerprint density at radius 3 is 2.58 bits per heavy atom. The number of hydrogen-bond acceptors (Lipinski definition) is 3. The maximum atomic E-state index is 12.4. The summed E-state index contributed by atoms with van der Waals surface area (Å²) in [7, 11) is 0. The maximum Gasteiger partial charge on any atom is 0.270 e. The van der Waals surface area contributed by atoms with E-state index in [0.29, 0.717) is 21.8 Å². The van der Waals surface area contributed by atoms with E-state index in [1.54, 1.807) is 30.3 Å². The number of halogens is 1. The van der Waals surface area contributed by atoms with E-state index in [-0.39, 0.29) is 11.9 Å². The Morgan fingerprint density at radius 1 is 1.17 bits per heavy atom. The van der Waals surface area contributed by atoms with Crippen LogP contribution in [0.1, 0.15) is 34.6 Å². The van der Waals surface area contributed by atoms with Gasteiger partial charge in [-0.3, -0.25) is 4.79 Å². The SMILES string of the molecule is CC(NC(=O)c1ccc2ccc(Cl)cc2n1)c1ccc(C#N)cc1. The Hall–Kier alpha value is -2.90. The molecule has 1 unspecified atom stereocenters. The van der Waals surface area contributed by atoms with E-state index < -0.39 is 0 Å². The molecule has 0 spiro atoms. The molecule has 1 heterocycles. The molecule has 0 saturated carbocycles. The number of fused-ring (bicyclic) bond motifs is 1. The first kappa shape index (κ1) is 16.0. The molecule has 0 aliphatic heterocycles. The summed E-state index contributed by atoms with van der Waals surface area (Å²) in [5, 5.41) is 13.3. The molecule has 0 fully saturated rings. The minimum absolute atomic E-state index is 0.192. The first-order valence-electron chi connectivity index (χ1n) is 7.44. The number of aromatic nitrogens is 1. The highest BCUT2D eigenvalue weighted by molar-refractivity contribution is 6.31. The van der Waals surface area contributed by atoms with Crippen LogP contribution in [0, 0.1) is 11.3 Å². The highest BCUT2D eigenvalue weighted by Crippen LogP contribution is 2.19. The van der Waals surface area contributed by atoms with E-state index in [4.69, 9.17) is 16.9 Å². The zero-order valence-electron chi connectivity index (χ0n) is 13.0. The lowest BCUT2D eigenvalue weighted by atomic mass is 10.1. The van der Waals surface area contributed by atoms with Crippen molar-refractivity contribution < 1.29 is 4.79 Å². The molecule has 5 heteroatoms. The van der Waals surface area contributed by atoms with Crippen molar-refractivity contribution >= 4 is 28.4 Å². The van der Waals surface area contributed by atoms with Crippen LogP contribution in [-0.4, -0.2) is 10.9 Å². The molecule has 4 nitrogen and oxygen atoms in total. The van der Waals surface area contributed by atoms with Gasteiger partial charge >= 0.3 is 0 Å². The number of nitriles is 1. The molecule has 0 radical (unpaired) electrons. The molecule has 1 N–H and O–H groups in total. The second kappa shape index (κ2) is 6.69. The zero-order chi connectivity index (χ0) is 17.1. The van der Waals surface area contributed by atoms with Gasteiger partial charge in [-0.2, -0.15) is 5.26 Å². The normalized spacial score (nSPS) is 11.7. The molecule has 118 valence electrons. The number of amides is 1. The Balaban J connectivity index is 1.79. The van der Waals surface area contributed by atoms with Gasteiger partial charge in [-0.15, -0.1) is 0 Å². The number of carbonyl (C=O) groups excluding carboxylic acids is 1. The van der Waals surface area contributed by atoms with Gasteiger partial charge < -0.3 is 5.32 Å². The van der Waals surface area contributed by atoms with E-state index in [1.165, 1.54) is 0 Å². The molecular weight excluding hydrogens is 322 g/mol. The van der Waals surface area contributed by atoms with Crippen LogP contribution in [0.4, 0.5) is 0 Å². The number of carbonyl (C=O) groups is 1. The average Bonchev–Trinajstić information content (AvgIpc) is 2.61. The molecule has 1 aromatic heterocycles. The fourth-order valence-corrected chi connectivity index (χ4v) is 2.58. The van der Waals surface area contributed by atoms with Crippen LogP contribution < -0.4 is 5.32 Å². The van der Waals surface area contributed by atoms with E-state index in [0.717, 1.165) is 10.9 Å². The Kier molecular flexibility index (Phi) is 4.45. The fourth-order valence-electron chi connectivity index (χ4n) is 2.42. The topological polar surface area (TPSA) is 65.8 Å². The van der Waals surface area contributed by atoms with Crippen LogP contribution in [-0.2, 0) is 0 Å². The number of hydrogen-bond donors (Lipinski definition) is 1. The minimum Gasteiger partial charge on any atom is -0.344 e. The summed E-state index contributed by atoms with van der Waals surface area (Å²) in [6, 6.07) is 17.9. The lowest BCUT2D eigenvalue weighted by Gasteiger charge is -2.14. The molecule has 0 aliphatic rings. The maximum absolute atomic E-state index is 12.4. The van der Waals surface area contributed by atoms with Crippen molar-refractivity contribution in [3.8, 4) is 6.07 Å². The highest BCUT2D eigenvalue weighted by atomic mass is 35.5. The minimum atomic E-state index is -0.256. The number of nitrogens with one attached hydrogen (secondary N) is 1. The molecular formula is C19H14ClN3O. The van der Waals surface area contributed by atoms with Crippen molar-refractivity contribution in [2.24, 2.45) is 0 Å². The Bertz CT molecular complexity index is 945. The second-order valence-electron chi connectivity index (χ2n) is 5.46. The lowest BCUT2D eigenvalue weighted by Crippen LogP contribution is -2.27. The van der Waals surface area contributed by atoms with Gasteiger partial charge in [-0.25, -0.2) is 4.98 Å². The summed E-state index contributed by atoms with van der Waals surface area (Å²) in [5.41, 5.74) is 2.53. The highest BCUT2D eigenvalue weighted by Gasteiger charge is 2.13. The first-order chi connectivity index (χ1) is 11.6. The second-order valence-corrected chi connectivity index (χ2v) is 5.90. The van der Waals surface area contributed by atoms with Crippen LogP contribution in [0.25, 0.3) is 10.9 Å². The zero-order valence-corrected chi connectivity index (χ0v) is 13.7. The van der Waals surface area contributed by atoms with E-state index >= 15 is 0 Å². The summed E-state index contributed by atoms with van der Waals surface area (Å²) in [4.78, 5) is 16.8. The van der Waals surface area contributed by atoms with E-state index in [9.17, 15) is 4.79 Å². The molecule has 3 aromatic rings. The molecule has 0 aliphatic carbocycles.